The maximum atomic E-state index is 14.3. The van der Waals surface area contributed by atoms with Gasteiger partial charge in [-0.25, -0.2) is 13.6 Å². The second kappa shape index (κ2) is 8.02. The first-order valence-corrected chi connectivity index (χ1v) is 10.3. The van der Waals surface area contributed by atoms with Gasteiger partial charge in [0.1, 0.15) is 11.5 Å². The number of halogens is 2. The molecule has 1 aliphatic rings. The number of hydrogen-bond acceptors (Lipinski definition) is 5. The van der Waals surface area contributed by atoms with E-state index in [-0.39, 0.29) is 18.8 Å². The number of nitrogens with two attached hydrogens (primary N) is 1. The van der Waals surface area contributed by atoms with Gasteiger partial charge in [-0.1, -0.05) is 12.1 Å². The summed E-state index contributed by atoms with van der Waals surface area (Å²) in [5, 5.41) is 0.877. The van der Waals surface area contributed by atoms with Crippen LogP contribution in [0.15, 0.2) is 30.3 Å². The van der Waals surface area contributed by atoms with Gasteiger partial charge in [-0.2, -0.15) is 0 Å². The molecular formula is C22H19F2NO4S. The predicted molar refractivity (Wildman–Crippen MR) is 109 cm³/mol. The molecule has 4 rings (SSSR count). The number of ether oxygens (including phenoxy) is 2. The lowest BCUT2D eigenvalue weighted by molar-refractivity contribution is 0.0529. The lowest BCUT2D eigenvalue weighted by Gasteiger charge is -2.12. The van der Waals surface area contributed by atoms with Gasteiger partial charge in [0.05, 0.1) is 6.61 Å². The first-order valence-electron chi connectivity index (χ1n) is 9.53. The number of hydrogen-bond donors (Lipinski definition) is 1. The Morgan fingerprint density at radius 1 is 1.20 bits per heavy atom. The minimum absolute atomic E-state index is 0.209. The standard InChI is InChI=1S/C22H19F2NO4S/c1-2-28-22(27)20-14(18-13(11-6-7-11)4-3-5-17(18)30-20)10-29-19-15(23)8-12(21(25)26)9-16(19)24/h3-5,8-9,11H,2,6-7,10H2,1H3,(H2,25,26). The van der Waals surface area contributed by atoms with Gasteiger partial charge in [-0.05, 0) is 49.4 Å². The number of rotatable bonds is 7. The summed E-state index contributed by atoms with van der Waals surface area (Å²) in [6.45, 7) is 1.70. The predicted octanol–water partition coefficient (Wildman–Crippen LogP) is 4.91. The zero-order chi connectivity index (χ0) is 21.4. The van der Waals surface area contributed by atoms with Crippen molar-refractivity contribution in [1.82, 2.24) is 0 Å². The fourth-order valence-electron chi connectivity index (χ4n) is 3.46. The van der Waals surface area contributed by atoms with Gasteiger partial charge in [-0.3, -0.25) is 4.79 Å². The molecule has 2 aromatic carbocycles. The first kappa shape index (κ1) is 20.3. The normalized spacial score (nSPS) is 13.4. The summed E-state index contributed by atoms with van der Waals surface area (Å²) in [5.41, 5.74) is 6.44. The van der Waals surface area contributed by atoms with E-state index in [1.165, 1.54) is 11.3 Å². The van der Waals surface area contributed by atoms with E-state index >= 15 is 0 Å². The molecule has 0 aliphatic heterocycles. The van der Waals surface area contributed by atoms with Crippen molar-refractivity contribution in [3.8, 4) is 5.75 Å². The monoisotopic (exact) mass is 431 g/mol. The SMILES string of the molecule is CCOC(=O)c1sc2cccc(C3CC3)c2c1COc1c(F)cc(C(N)=O)cc1F. The van der Waals surface area contributed by atoms with Crippen molar-refractivity contribution in [2.75, 3.05) is 6.61 Å². The van der Waals surface area contributed by atoms with Crippen LogP contribution in [0, 0.1) is 11.6 Å². The molecule has 1 heterocycles. The zero-order valence-corrected chi connectivity index (χ0v) is 17.0. The topological polar surface area (TPSA) is 78.6 Å². The molecule has 0 radical (unpaired) electrons. The van der Waals surface area contributed by atoms with E-state index in [4.69, 9.17) is 15.2 Å². The van der Waals surface area contributed by atoms with Gasteiger partial charge in [0.2, 0.25) is 5.91 Å². The minimum Gasteiger partial charge on any atom is -0.483 e. The molecular weight excluding hydrogens is 412 g/mol. The summed E-state index contributed by atoms with van der Waals surface area (Å²) < 4.78 is 40.2. The van der Waals surface area contributed by atoms with E-state index in [1.54, 1.807) is 6.92 Å². The number of fused-ring (bicyclic) bond motifs is 1. The summed E-state index contributed by atoms with van der Waals surface area (Å²) in [7, 11) is 0. The highest BCUT2D eigenvalue weighted by Gasteiger charge is 2.30. The van der Waals surface area contributed by atoms with Crippen LogP contribution < -0.4 is 10.5 Å². The van der Waals surface area contributed by atoms with Crippen molar-refractivity contribution < 1.29 is 27.8 Å². The average Bonchev–Trinajstić information content (AvgIpc) is 3.48. The van der Waals surface area contributed by atoms with Crippen LogP contribution in [0.4, 0.5) is 8.78 Å². The molecule has 8 heteroatoms. The molecule has 1 saturated carbocycles. The number of carbonyl (C=O) groups excluding carboxylic acids is 2. The van der Waals surface area contributed by atoms with Crippen LogP contribution in [0.25, 0.3) is 10.1 Å². The maximum absolute atomic E-state index is 14.3. The van der Waals surface area contributed by atoms with Gasteiger partial charge in [0, 0.05) is 21.2 Å². The van der Waals surface area contributed by atoms with Crippen molar-refractivity contribution in [1.29, 1.82) is 0 Å². The van der Waals surface area contributed by atoms with Crippen molar-refractivity contribution >= 4 is 33.3 Å². The molecule has 0 unspecified atom stereocenters. The Bertz CT molecular complexity index is 1130. The molecule has 1 aliphatic carbocycles. The Kier molecular flexibility index (Phi) is 5.42. The van der Waals surface area contributed by atoms with E-state index in [0.717, 1.165) is 40.6 Å². The van der Waals surface area contributed by atoms with E-state index in [1.807, 2.05) is 18.2 Å². The molecule has 1 fully saturated rings. The van der Waals surface area contributed by atoms with Gasteiger partial charge >= 0.3 is 5.97 Å². The third kappa shape index (κ3) is 3.75. The van der Waals surface area contributed by atoms with Crippen LogP contribution in [-0.2, 0) is 11.3 Å². The molecule has 30 heavy (non-hydrogen) atoms. The fraction of sp³-hybridized carbons (Fsp3) is 0.273. The quantitative estimate of drug-likeness (QED) is 0.539. The Morgan fingerprint density at radius 2 is 1.90 bits per heavy atom. The Morgan fingerprint density at radius 3 is 2.50 bits per heavy atom. The summed E-state index contributed by atoms with van der Waals surface area (Å²) in [6.07, 6.45) is 2.11. The van der Waals surface area contributed by atoms with Crippen molar-refractivity contribution in [2.45, 2.75) is 32.3 Å². The summed E-state index contributed by atoms with van der Waals surface area (Å²) in [6, 6.07) is 7.51. The van der Waals surface area contributed by atoms with E-state index in [0.29, 0.717) is 16.4 Å². The molecule has 5 nitrogen and oxygen atoms in total. The molecule has 1 amide bonds. The number of benzene rings is 2. The summed E-state index contributed by atoms with van der Waals surface area (Å²) in [4.78, 5) is 24.1. The Labute approximate surface area is 175 Å². The third-order valence-electron chi connectivity index (χ3n) is 4.97. The van der Waals surface area contributed by atoms with Crippen LogP contribution in [0.5, 0.6) is 5.75 Å². The highest BCUT2D eigenvalue weighted by Crippen LogP contribution is 2.46. The van der Waals surface area contributed by atoms with Gasteiger partial charge < -0.3 is 15.2 Å². The minimum atomic E-state index is -1.04. The molecule has 0 atom stereocenters. The van der Waals surface area contributed by atoms with Crippen LogP contribution in [0.2, 0.25) is 0 Å². The molecule has 0 saturated heterocycles. The second-order valence-corrected chi connectivity index (χ2v) is 8.10. The third-order valence-corrected chi connectivity index (χ3v) is 6.15. The highest BCUT2D eigenvalue weighted by atomic mass is 32.1. The van der Waals surface area contributed by atoms with Crippen LogP contribution in [-0.4, -0.2) is 18.5 Å². The smallest absolute Gasteiger partial charge is 0.348 e. The lowest BCUT2D eigenvalue weighted by atomic mass is 10.0. The summed E-state index contributed by atoms with van der Waals surface area (Å²) in [5.74, 6) is -3.74. The molecule has 1 aromatic heterocycles. The van der Waals surface area contributed by atoms with Crippen molar-refractivity contribution in [3.05, 3.63) is 63.5 Å². The maximum Gasteiger partial charge on any atom is 0.348 e. The van der Waals surface area contributed by atoms with Gasteiger partial charge in [0.15, 0.2) is 17.4 Å². The van der Waals surface area contributed by atoms with Crippen LogP contribution in [0.1, 0.15) is 56.8 Å². The molecule has 2 N–H and O–H groups in total. The highest BCUT2D eigenvalue weighted by molar-refractivity contribution is 7.21. The van der Waals surface area contributed by atoms with E-state index in [9.17, 15) is 18.4 Å². The second-order valence-electron chi connectivity index (χ2n) is 7.05. The lowest BCUT2D eigenvalue weighted by Crippen LogP contribution is -2.13. The Hall–Kier alpha value is -3.00. The van der Waals surface area contributed by atoms with Gasteiger partial charge in [-0.15, -0.1) is 11.3 Å². The largest absolute Gasteiger partial charge is 0.483 e. The van der Waals surface area contributed by atoms with Crippen molar-refractivity contribution in [3.63, 3.8) is 0 Å². The Balaban J connectivity index is 1.75. The molecule has 3 aromatic rings. The zero-order valence-electron chi connectivity index (χ0n) is 16.2. The number of amides is 1. The van der Waals surface area contributed by atoms with E-state index < -0.39 is 29.3 Å². The fourth-order valence-corrected chi connectivity index (χ4v) is 4.60. The van der Waals surface area contributed by atoms with Crippen LogP contribution in [0.3, 0.4) is 0 Å². The summed E-state index contributed by atoms with van der Waals surface area (Å²) >= 11 is 1.28. The van der Waals surface area contributed by atoms with Crippen LogP contribution >= 0.6 is 11.3 Å². The van der Waals surface area contributed by atoms with E-state index in [2.05, 4.69) is 0 Å². The molecule has 0 spiro atoms. The number of thiophene rings is 1. The molecule has 0 bridgehead atoms. The van der Waals surface area contributed by atoms with Crippen molar-refractivity contribution in [2.24, 2.45) is 5.73 Å². The average molecular weight is 431 g/mol. The molecule has 156 valence electrons. The van der Waals surface area contributed by atoms with Gasteiger partial charge in [0.25, 0.3) is 0 Å². The number of esters is 1. The number of primary amides is 1. The first-order chi connectivity index (χ1) is 14.4. The number of carbonyl (C=O) groups is 2.